The maximum Gasteiger partial charge on any atom is 0.332 e. The Kier molecular flexibility index (Phi) is 6.04. The molecule has 0 aliphatic carbocycles. The normalized spacial score (nSPS) is 14.9. The van der Waals surface area contributed by atoms with Crippen molar-refractivity contribution in [3.8, 4) is 11.1 Å². The van der Waals surface area contributed by atoms with Gasteiger partial charge in [-0.15, -0.1) is 0 Å². The van der Waals surface area contributed by atoms with Crippen molar-refractivity contribution in [2.24, 2.45) is 0 Å². The Morgan fingerprint density at radius 3 is 2.41 bits per heavy atom. The molecule has 1 aliphatic rings. The fraction of sp³-hybridized carbons (Fsp3) is 0.103. The molecule has 7 N–H and O–H groups in total. The third kappa shape index (κ3) is 4.53. The molecule has 0 radical (unpaired) electrons. The molecular formula is C29H28N4O+2. The van der Waals surface area contributed by atoms with Crippen LogP contribution in [0.1, 0.15) is 22.3 Å². The molecule has 1 heterocycles. The maximum absolute atomic E-state index is 13.0. The number of quaternary nitrogens is 1. The van der Waals surface area contributed by atoms with Gasteiger partial charge >= 0.3 is 5.91 Å². The molecular weight excluding hydrogens is 420 g/mol. The lowest BCUT2D eigenvalue weighted by molar-refractivity contribution is -0.485. The van der Waals surface area contributed by atoms with Crippen LogP contribution < -0.4 is 21.8 Å². The third-order valence-electron chi connectivity index (χ3n) is 6.38. The Hall–Kier alpha value is -4.06. The molecule has 0 spiro atoms. The summed E-state index contributed by atoms with van der Waals surface area (Å²) in [6, 6.07) is 31.9. The van der Waals surface area contributed by atoms with Gasteiger partial charge in [0, 0.05) is 36.3 Å². The number of benzene rings is 4. The Balaban J connectivity index is 1.35. The van der Waals surface area contributed by atoms with E-state index in [0.717, 1.165) is 27.9 Å². The van der Waals surface area contributed by atoms with Crippen LogP contribution in [0.5, 0.6) is 0 Å². The number of fused-ring (bicyclic) bond motifs is 1. The average Bonchev–Trinajstić information content (AvgIpc) is 2.89. The number of primary amides is 1. The fourth-order valence-corrected chi connectivity index (χ4v) is 4.47. The van der Waals surface area contributed by atoms with E-state index in [1.165, 1.54) is 11.1 Å². The molecule has 0 fully saturated rings. The van der Waals surface area contributed by atoms with Crippen molar-refractivity contribution in [3.05, 3.63) is 119 Å². The van der Waals surface area contributed by atoms with Crippen molar-refractivity contribution >= 4 is 23.0 Å². The first-order valence-electron chi connectivity index (χ1n) is 11.5. The number of nitrogens with two attached hydrogens (primary N) is 3. The lowest BCUT2D eigenvalue weighted by atomic mass is 9.95. The second kappa shape index (κ2) is 9.43. The van der Waals surface area contributed by atoms with Crippen LogP contribution in [0.15, 0.2) is 97.1 Å². The van der Waals surface area contributed by atoms with Gasteiger partial charge in [0.2, 0.25) is 5.71 Å². The van der Waals surface area contributed by atoms with Crippen LogP contribution in [0.2, 0.25) is 0 Å². The molecule has 1 amide bonds. The number of hydrogen-bond donors (Lipinski definition) is 4. The molecule has 5 heteroatoms. The van der Waals surface area contributed by atoms with E-state index in [2.05, 4.69) is 41.7 Å². The minimum atomic E-state index is -0.236. The zero-order valence-electron chi connectivity index (χ0n) is 18.9. The summed E-state index contributed by atoms with van der Waals surface area (Å²) in [6.07, 6.45) is 0.688. The van der Waals surface area contributed by atoms with Crippen LogP contribution in [0.3, 0.4) is 0 Å². The van der Waals surface area contributed by atoms with Crippen molar-refractivity contribution in [1.82, 2.24) is 5.32 Å². The molecule has 34 heavy (non-hydrogen) atoms. The van der Waals surface area contributed by atoms with E-state index in [0.29, 0.717) is 24.4 Å². The monoisotopic (exact) mass is 448 g/mol. The number of nitrogens with one attached hydrogen (secondary N) is 1. The molecule has 5 rings (SSSR count). The zero-order valence-corrected chi connectivity index (χ0v) is 18.9. The predicted molar refractivity (Wildman–Crippen MR) is 135 cm³/mol. The molecule has 0 saturated heterocycles. The molecule has 0 aromatic heterocycles. The van der Waals surface area contributed by atoms with E-state index < -0.39 is 0 Å². The number of nitrogen functional groups attached to an aromatic ring is 1. The van der Waals surface area contributed by atoms with Gasteiger partial charge in [-0.2, -0.15) is 0 Å². The minimum absolute atomic E-state index is 0.0508. The number of carbonyl (C=O) groups excluding carboxylic acids is 1. The van der Waals surface area contributed by atoms with Gasteiger partial charge in [0.25, 0.3) is 0 Å². The van der Waals surface area contributed by atoms with E-state index >= 15 is 0 Å². The Morgan fingerprint density at radius 2 is 1.59 bits per heavy atom. The summed E-state index contributed by atoms with van der Waals surface area (Å²) < 4.78 is 0. The molecule has 0 bridgehead atoms. The van der Waals surface area contributed by atoms with E-state index in [1.807, 2.05) is 60.7 Å². The highest BCUT2D eigenvalue weighted by Gasteiger charge is 2.28. The lowest BCUT2D eigenvalue weighted by Crippen LogP contribution is -2.86. The van der Waals surface area contributed by atoms with Crippen LogP contribution in [-0.4, -0.2) is 17.7 Å². The lowest BCUT2D eigenvalue weighted by Gasteiger charge is -2.23. The minimum Gasteiger partial charge on any atom is -0.398 e. The van der Waals surface area contributed by atoms with Crippen molar-refractivity contribution < 1.29 is 15.5 Å². The van der Waals surface area contributed by atoms with Gasteiger partial charge in [-0.3, -0.25) is 10.7 Å². The number of anilines is 1. The van der Waals surface area contributed by atoms with Crippen LogP contribution >= 0.6 is 0 Å². The second-order valence-electron chi connectivity index (χ2n) is 8.66. The fourth-order valence-electron chi connectivity index (χ4n) is 4.47. The summed E-state index contributed by atoms with van der Waals surface area (Å²) in [4.78, 5) is 13.0. The molecule has 0 saturated carbocycles. The number of hydrogen-bond acceptors (Lipinski definition) is 3. The molecule has 1 aliphatic heterocycles. The molecule has 168 valence electrons. The van der Waals surface area contributed by atoms with Crippen molar-refractivity contribution in [3.63, 3.8) is 0 Å². The van der Waals surface area contributed by atoms with Gasteiger partial charge in [0.15, 0.2) is 0 Å². The molecule has 5 nitrogen and oxygen atoms in total. The van der Waals surface area contributed by atoms with Crippen molar-refractivity contribution in [2.75, 3.05) is 5.73 Å². The highest BCUT2D eigenvalue weighted by atomic mass is 16.2. The van der Waals surface area contributed by atoms with Gasteiger partial charge in [-0.05, 0) is 40.5 Å². The quantitative estimate of drug-likeness (QED) is 0.278. The van der Waals surface area contributed by atoms with E-state index in [4.69, 9.17) is 11.1 Å². The van der Waals surface area contributed by atoms with Gasteiger partial charge in [-0.1, -0.05) is 66.7 Å². The van der Waals surface area contributed by atoms with E-state index in [1.54, 1.807) is 5.32 Å². The summed E-state index contributed by atoms with van der Waals surface area (Å²) in [5, 5.41) is 11.6. The van der Waals surface area contributed by atoms with Gasteiger partial charge in [-0.25, -0.2) is 10.1 Å². The Bertz CT molecular complexity index is 1360. The summed E-state index contributed by atoms with van der Waals surface area (Å²) in [5.74, 6) is 0.0508. The highest BCUT2D eigenvalue weighted by molar-refractivity contribution is 6.12. The molecule has 4 aromatic carbocycles. The van der Waals surface area contributed by atoms with Gasteiger partial charge in [0.05, 0.1) is 5.56 Å². The first-order valence-corrected chi connectivity index (χ1v) is 11.5. The SMILES string of the molecule is Nc1ccc([NH2+]C(=O)C2Cc3ccccc3CN2)cc1C(=[NH2+])c1cccc(-c2ccccc2)c1. The number of amides is 1. The summed E-state index contributed by atoms with van der Waals surface area (Å²) in [7, 11) is 0. The Morgan fingerprint density at radius 1 is 0.853 bits per heavy atom. The molecule has 1 atom stereocenters. The third-order valence-corrected chi connectivity index (χ3v) is 6.38. The first-order chi connectivity index (χ1) is 16.6. The predicted octanol–water partition coefficient (Wildman–Crippen LogP) is 1.97. The summed E-state index contributed by atoms with van der Waals surface area (Å²) in [5.41, 5.74) is 14.6. The zero-order chi connectivity index (χ0) is 23.5. The number of carbonyl (C=O) groups is 1. The average molecular weight is 449 g/mol. The van der Waals surface area contributed by atoms with Gasteiger partial charge < -0.3 is 5.73 Å². The van der Waals surface area contributed by atoms with E-state index in [-0.39, 0.29) is 11.9 Å². The summed E-state index contributed by atoms with van der Waals surface area (Å²) >= 11 is 0. The topological polar surface area (TPSA) is 97.3 Å². The van der Waals surface area contributed by atoms with Crippen LogP contribution in [-0.2, 0) is 17.8 Å². The molecule has 1 unspecified atom stereocenters. The molecule has 4 aromatic rings. The standard InChI is InChI=1S/C29H26N4O/c30-26-14-13-24(33-29(34)27-16-21-9-4-5-10-23(21)18-32-27)17-25(26)28(31)22-12-6-11-20(15-22)19-7-2-1-3-8-19/h1-15,17,27,31-32H,16,18,30H2,(H,33,34)/p+2. The Labute approximate surface area is 199 Å². The van der Waals surface area contributed by atoms with Crippen LogP contribution in [0.4, 0.5) is 11.4 Å². The second-order valence-corrected chi connectivity index (χ2v) is 8.66. The maximum atomic E-state index is 13.0. The summed E-state index contributed by atoms with van der Waals surface area (Å²) in [6.45, 7) is 0.700. The largest absolute Gasteiger partial charge is 0.398 e. The van der Waals surface area contributed by atoms with Crippen LogP contribution in [0.25, 0.3) is 11.1 Å². The highest BCUT2D eigenvalue weighted by Crippen LogP contribution is 2.23. The van der Waals surface area contributed by atoms with Gasteiger partial charge in [0.1, 0.15) is 11.7 Å². The van der Waals surface area contributed by atoms with Crippen molar-refractivity contribution in [1.29, 1.82) is 0 Å². The smallest absolute Gasteiger partial charge is 0.332 e. The number of rotatable bonds is 5. The van der Waals surface area contributed by atoms with E-state index in [9.17, 15) is 4.79 Å². The van der Waals surface area contributed by atoms with Crippen molar-refractivity contribution in [2.45, 2.75) is 19.0 Å². The first kappa shape index (κ1) is 21.8. The van der Waals surface area contributed by atoms with Crippen LogP contribution in [0, 0.1) is 0 Å².